The number of benzene rings is 2. The summed E-state index contributed by atoms with van der Waals surface area (Å²) >= 11 is 0. The maximum absolute atomic E-state index is 12.5. The molecule has 2 aromatic carbocycles. The van der Waals surface area contributed by atoms with Crippen LogP contribution in [0.25, 0.3) is 0 Å². The van der Waals surface area contributed by atoms with Gasteiger partial charge in [0, 0.05) is 43.9 Å². The molecular formula is C21H24N4O4. The van der Waals surface area contributed by atoms with E-state index in [1.165, 1.54) is 13.1 Å². The smallest absolute Gasteiger partial charge is 0.293 e. The predicted octanol–water partition coefficient (Wildman–Crippen LogP) is 2.92. The number of nitrogens with zero attached hydrogens (tertiary/aromatic N) is 2. The van der Waals surface area contributed by atoms with E-state index in [0.29, 0.717) is 36.8 Å². The average Bonchev–Trinajstić information content (AvgIpc) is 2.77. The predicted molar refractivity (Wildman–Crippen MR) is 110 cm³/mol. The third-order valence-electron chi connectivity index (χ3n) is 5.19. The maximum Gasteiger partial charge on any atom is 0.293 e. The summed E-state index contributed by atoms with van der Waals surface area (Å²) in [5.41, 5.74) is 1.21. The van der Waals surface area contributed by atoms with Gasteiger partial charge < -0.3 is 15.5 Å². The molecule has 2 aromatic rings. The van der Waals surface area contributed by atoms with Crippen LogP contribution in [0.15, 0.2) is 48.5 Å². The Bertz CT molecular complexity index is 893. The van der Waals surface area contributed by atoms with Crippen LogP contribution in [0, 0.1) is 16.0 Å². The van der Waals surface area contributed by atoms with E-state index in [2.05, 4.69) is 10.6 Å². The minimum Gasteiger partial charge on any atom is -0.379 e. The number of hydrogen-bond acceptors (Lipinski definition) is 5. The monoisotopic (exact) mass is 396 g/mol. The third-order valence-corrected chi connectivity index (χ3v) is 5.19. The summed E-state index contributed by atoms with van der Waals surface area (Å²) in [5, 5.41) is 17.0. The highest BCUT2D eigenvalue weighted by molar-refractivity contribution is 5.95. The van der Waals surface area contributed by atoms with Crippen LogP contribution < -0.4 is 10.6 Å². The summed E-state index contributed by atoms with van der Waals surface area (Å²) in [6.45, 7) is 1.91. The van der Waals surface area contributed by atoms with E-state index < -0.39 is 4.92 Å². The molecule has 1 fully saturated rings. The molecule has 8 heteroatoms. The Kier molecular flexibility index (Phi) is 6.43. The van der Waals surface area contributed by atoms with Crippen molar-refractivity contribution < 1.29 is 14.5 Å². The molecule has 0 aromatic heterocycles. The lowest BCUT2D eigenvalue weighted by molar-refractivity contribution is -0.384. The van der Waals surface area contributed by atoms with E-state index in [4.69, 9.17) is 0 Å². The van der Waals surface area contributed by atoms with Crippen LogP contribution in [0.2, 0.25) is 0 Å². The number of nitrogens with one attached hydrogen (secondary N) is 2. The molecule has 29 heavy (non-hydrogen) atoms. The first-order valence-corrected chi connectivity index (χ1v) is 9.58. The fourth-order valence-corrected chi connectivity index (χ4v) is 3.48. The highest BCUT2D eigenvalue weighted by Gasteiger charge is 2.24. The van der Waals surface area contributed by atoms with Gasteiger partial charge in [0.1, 0.15) is 5.69 Å². The molecule has 2 N–H and O–H groups in total. The zero-order valence-corrected chi connectivity index (χ0v) is 16.3. The molecule has 2 amide bonds. The summed E-state index contributed by atoms with van der Waals surface area (Å²) in [4.78, 5) is 37.0. The van der Waals surface area contributed by atoms with Crippen molar-refractivity contribution >= 4 is 23.2 Å². The van der Waals surface area contributed by atoms with Crippen molar-refractivity contribution in [1.29, 1.82) is 0 Å². The molecule has 0 unspecified atom stereocenters. The number of anilines is 1. The molecule has 1 heterocycles. The first kappa shape index (κ1) is 20.3. The van der Waals surface area contributed by atoms with Gasteiger partial charge in [-0.25, -0.2) is 0 Å². The first-order valence-electron chi connectivity index (χ1n) is 9.58. The first-order chi connectivity index (χ1) is 14.0. The van der Waals surface area contributed by atoms with E-state index in [1.807, 2.05) is 35.2 Å². The quantitative estimate of drug-likeness (QED) is 0.577. The van der Waals surface area contributed by atoms with Crippen LogP contribution >= 0.6 is 0 Å². The van der Waals surface area contributed by atoms with Crippen molar-refractivity contribution in [3.05, 3.63) is 69.8 Å². The van der Waals surface area contributed by atoms with E-state index in [0.717, 1.165) is 12.8 Å². The Morgan fingerprint density at radius 1 is 1.10 bits per heavy atom. The number of piperidine rings is 1. The Morgan fingerprint density at radius 2 is 1.79 bits per heavy atom. The molecule has 0 bridgehead atoms. The van der Waals surface area contributed by atoms with Gasteiger partial charge in [0.05, 0.1) is 4.92 Å². The maximum atomic E-state index is 12.5. The van der Waals surface area contributed by atoms with Crippen molar-refractivity contribution in [2.45, 2.75) is 12.8 Å². The van der Waals surface area contributed by atoms with Crippen molar-refractivity contribution in [3.8, 4) is 0 Å². The number of rotatable bonds is 6. The van der Waals surface area contributed by atoms with Gasteiger partial charge in [-0.3, -0.25) is 19.7 Å². The number of carbonyl (C=O) groups excluding carboxylic acids is 2. The molecule has 0 radical (unpaired) electrons. The van der Waals surface area contributed by atoms with Gasteiger partial charge in [0.2, 0.25) is 0 Å². The standard InChI is InChI=1S/C21H24N4O4/c1-22-20(26)17-7-8-18(19(13-17)25(28)29)23-14-15-9-11-24(12-10-15)21(27)16-5-3-2-4-6-16/h2-8,13,15,23H,9-12,14H2,1H3,(H,22,26). The lowest BCUT2D eigenvalue weighted by Crippen LogP contribution is -2.39. The summed E-state index contributed by atoms with van der Waals surface area (Å²) in [5.74, 6) is -0.0133. The summed E-state index contributed by atoms with van der Waals surface area (Å²) in [6.07, 6.45) is 1.66. The number of carbonyl (C=O) groups is 2. The molecule has 1 aliphatic heterocycles. The van der Waals surface area contributed by atoms with Crippen LogP contribution in [0.4, 0.5) is 11.4 Å². The SMILES string of the molecule is CNC(=O)c1ccc(NCC2CCN(C(=O)c3ccccc3)CC2)c([N+](=O)[O-])c1. The van der Waals surface area contributed by atoms with Crippen molar-refractivity contribution in [3.63, 3.8) is 0 Å². The molecule has 3 rings (SSSR count). The molecule has 152 valence electrons. The number of likely N-dealkylation sites (tertiary alicyclic amines) is 1. The van der Waals surface area contributed by atoms with E-state index in [9.17, 15) is 19.7 Å². The molecule has 1 saturated heterocycles. The highest BCUT2D eigenvalue weighted by atomic mass is 16.6. The second-order valence-corrected chi connectivity index (χ2v) is 7.05. The Morgan fingerprint density at radius 3 is 2.41 bits per heavy atom. The number of nitro benzene ring substituents is 1. The Balaban J connectivity index is 1.57. The summed E-state index contributed by atoms with van der Waals surface area (Å²) < 4.78 is 0. The number of hydrogen-bond donors (Lipinski definition) is 2. The number of nitro groups is 1. The van der Waals surface area contributed by atoms with Crippen molar-refractivity contribution in [1.82, 2.24) is 10.2 Å². The molecule has 8 nitrogen and oxygen atoms in total. The van der Waals surface area contributed by atoms with Gasteiger partial charge >= 0.3 is 0 Å². The Hall–Kier alpha value is -3.42. The van der Waals surface area contributed by atoms with Crippen LogP contribution in [0.5, 0.6) is 0 Å². The molecule has 0 atom stereocenters. The topological polar surface area (TPSA) is 105 Å². The van der Waals surface area contributed by atoms with Crippen molar-refractivity contribution in [2.75, 3.05) is 32.0 Å². The van der Waals surface area contributed by atoms with E-state index in [1.54, 1.807) is 12.1 Å². The van der Waals surface area contributed by atoms with Gasteiger partial charge in [0.15, 0.2) is 0 Å². The lowest BCUT2D eigenvalue weighted by Gasteiger charge is -2.32. The highest BCUT2D eigenvalue weighted by Crippen LogP contribution is 2.27. The normalized spacial score (nSPS) is 14.3. The lowest BCUT2D eigenvalue weighted by atomic mass is 9.96. The van der Waals surface area contributed by atoms with Gasteiger partial charge in [-0.15, -0.1) is 0 Å². The van der Waals surface area contributed by atoms with Crippen LogP contribution in [0.1, 0.15) is 33.6 Å². The molecule has 0 aliphatic carbocycles. The molecule has 1 aliphatic rings. The van der Waals surface area contributed by atoms with E-state index >= 15 is 0 Å². The average molecular weight is 396 g/mol. The summed E-state index contributed by atoms with van der Waals surface area (Å²) in [6, 6.07) is 13.6. The minimum atomic E-state index is -0.490. The van der Waals surface area contributed by atoms with Crippen LogP contribution in [0.3, 0.4) is 0 Å². The zero-order chi connectivity index (χ0) is 20.8. The summed E-state index contributed by atoms with van der Waals surface area (Å²) in [7, 11) is 1.48. The van der Waals surface area contributed by atoms with E-state index in [-0.39, 0.29) is 23.1 Å². The molecule has 0 saturated carbocycles. The minimum absolute atomic E-state index is 0.0393. The van der Waals surface area contributed by atoms with Gasteiger partial charge in [-0.1, -0.05) is 18.2 Å². The van der Waals surface area contributed by atoms with Gasteiger partial charge in [0.25, 0.3) is 17.5 Å². The van der Waals surface area contributed by atoms with Crippen molar-refractivity contribution in [2.24, 2.45) is 5.92 Å². The second-order valence-electron chi connectivity index (χ2n) is 7.05. The zero-order valence-electron chi connectivity index (χ0n) is 16.3. The number of amides is 2. The third kappa shape index (κ3) is 4.90. The van der Waals surface area contributed by atoms with Crippen LogP contribution in [-0.2, 0) is 0 Å². The van der Waals surface area contributed by atoms with Gasteiger partial charge in [-0.2, -0.15) is 0 Å². The fraction of sp³-hybridized carbons (Fsp3) is 0.333. The van der Waals surface area contributed by atoms with Crippen LogP contribution in [-0.4, -0.2) is 48.3 Å². The Labute approximate surface area is 169 Å². The second kappa shape index (κ2) is 9.18. The van der Waals surface area contributed by atoms with Gasteiger partial charge in [-0.05, 0) is 43.0 Å². The molecular weight excluding hydrogens is 372 g/mol. The fourth-order valence-electron chi connectivity index (χ4n) is 3.48. The largest absolute Gasteiger partial charge is 0.379 e. The molecule has 0 spiro atoms.